The molecule has 2 N–H and O–H groups in total. The van der Waals surface area contributed by atoms with Gasteiger partial charge in [-0.2, -0.15) is 0 Å². The molecule has 0 radical (unpaired) electrons. The van der Waals surface area contributed by atoms with E-state index in [9.17, 15) is 18.0 Å². The van der Waals surface area contributed by atoms with Crippen LogP contribution in [0.3, 0.4) is 0 Å². The first-order chi connectivity index (χ1) is 16.0. The first-order valence-electron chi connectivity index (χ1n) is 9.43. The molecule has 34 heavy (non-hydrogen) atoms. The zero-order chi connectivity index (χ0) is 25.2. The van der Waals surface area contributed by atoms with E-state index in [0.29, 0.717) is 5.69 Å². The van der Waals surface area contributed by atoms with Gasteiger partial charge in [0.2, 0.25) is 5.75 Å². The summed E-state index contributed by atoms with van der Waals surface area (Å²) < 4.78 is 48.9. The molecule has 0 bridgehead atoms. The highest BCUT2D eigenvalue weighted by Crippen LogP contribution is 2.45. The van der Waals surface area contributed by atoms with E-state index in [1.807, 2.05) is 0 Å². The van der Waals surface area contributed by atoms with Crippen LogP contribution in [0.1, 0.15) is 32.6 Å². The van der Waals surface area contributed by atoms with Crippen LogP contribution in [0.4, 0.5) is 11.6 Å². The lowest BCUT2D eigenvalue weighted by molar-refractivity contribution is 0.101. The van der Waals surface area contributed by atoms with Crippen LogP contribution in [-0.4, -0.2) is 46.6 Å². The van der Waals surface area contributed by atoms with Gasteiger partial charge in [-0.25, -0.2) is 13.1 Å². The van der Waals surface area contributed by atoms with Crippen molar-refractivity contribution >= 4 is 56.2 Å². The molecule has 182 valence electrons. The summed E-state index contributed by atoms with van der Waals surface area (Å²) in [6.07, 6.45) is 0. The summed E-state index contributed by atoms with van der Waals surface area (Å²) in [5, 5.41) is 7.58. The second-order valence-corrected chi connectivity index (χ2v) is 9.65. The van der Waals surface area contributed by atoms with E-state index in [1.165, 1.54) is 52.7 Å². The van der Waals surface area contributed by atoms with Crippen molar-refractivity contribution in [2.75, 3.05) is 31.4 Å². The third kappa shape index (κ3) is 4.67. The molecule has 0 aliphatic heterocycles. The lowest BCUT2D eigenvalue weighted by Gasteiger charge is -2.19. The maximum Gasteiger partial charge on any atom is 0.267 e. The fourth-order valence-electron chi connectivity index (χ4n) is 3.00. The molecule has 0 spiro atoms. The van der Waals surface area contributed by atoms with E-state index in [-0.39, 0.29) is 49.2 Å². The molecule has 0 unspecified atom stereocenters. The predicted molar refractivity (Wildman–Crippen MR) is 125 cm³/mol. The Hall–Kier alpha value is -3.29. The van der Waals surface area contributed by atoms with Gasteiger partial charge in [0.05, 0.1) is 27.0 Å². The van der Waals surface area contributed by atoms with E-state index >= 15 is 0 Å². The van der Waals surface area contributed by atoms with Gasteiger partial charge in [0.15, 0.2) is 17.3 Å². The van der Waals surface area contributed by atoms with Gasteiger partial charge in [0, 0.05) is 5.56 Å². The SMILES string of the molecule is COc1cc(C(C)=O)c(NC(=O)c2sccc2S(=O)(=O)Nc2onc(C)c2Cl)c(OC)c1OC. The minimum absolute atomic E-state index is 0.00346. The summed E-state index contributed by atoms with van der Waals surface area (Å²) in [6.45, 7) is 2.83. The number of sulfonamides is 1. The van der Waals surface area contributed by atoms with E-state index in [0.717, 1.165) is 11.3 Å². The number of nitrogens with one attached hydrogen (secondary N) is 2. The molecule has 1 amide bonds. The van der Waals surface area contributed by atoms with Crippen LogP contribution in [0.15, 0.2) is 26.9 Å². The number of benzene rings is 1. The molecule has 14 heteroatoms. The van der Waals surface area contributed by atoms with Crippen LogP contribution < -0.4 is 24.2 Å². The Bertz CT molecular complexity index is 1360. The molecule has 0 atom stereocenters. The average Bonchev–Trinajstić information content (AvgIpc) is 3.41. The average molecular weight is 530 g/mol. The van der Waals surface area contributed by atoms with Gasteiger partial charge >= 0.3 is 0 Å². The Kier molecular flexibility index (Phi) is 7.38. The maximum atomic E-state index is 13.2. The van der Waals surface area contributed by atoms with Crippen LogP contribution in [0.2, 0.25) is 5.02 Å². The number of hydrogen-bond donors (Lipinski definition) is 2. The van der Waals surface area contributed by atoms with Gasteiger partial charge in [-0.05, 0) is 31.4 Å². The third-order valence-electron chi connectivity index (χ3n) is 4.59. The molecule has 2 aromatic heterocycles. The first kappa shape index (κ1) is 25.3. The molecular formula is C20H20ClN3O8S2. The third-order valence-corrected chi connectivity index (χ3v) is 7.45. The summed E-state index contributed by atoms with van der Waals surface area (Å²) in [6, 6.07) is 2.64. The fraction of sp³-hybridized carbons (Fsp3) is 0.250. The standard InChI is InChI=1S/C20H20ClN3O8S2/c1-9-14(21)20(32-23-9)24-34(27,28)13-6-7-33-18(13)19(26)22-15-11(10(2)25)8-12(29-3)16(30-4)17(15)31-5/h6-8,24H,1-5H3,(H,22,26). The summed E-state index contributed by atoms with van der Waals surface area (Å²) in [5.41, 5.74) is 0.363. The Labute approximate surface area is 204 Å². The predicted octanol–water partition coefficient (Wildman–Crippen LogP) is 3.98. The van der Waals surface area contributed by atoms with Crippen molar-refractivity contribution in [1.29, 1.82) is 0 Å². The van der Waals surface area contributed by atoms with Crippen LogP contribution in [0.25, 0.3) is 0 Å². The number of methoxy groups -OCH3 is 3. The quantitative estimate of drug-likeness (QED) is 0.393. The van der Waals surface area contributed by atoms with E-state index in [1.54, 1.807) is 0 Å². The monoisotopic (exact) mass is 529 g/mol. The highest BCUT2D eigenvalue weighted by molar-refractivity contribution is 7.93. The highest BCUT2D eigenvalue weighted by Gasteiger charge is 2.29. The summed E-state index contributed by atoms with van der Waals surface area (Å²) >= 11 is 6.87. The second kappa shape index (κ2) is 9.91. The molecule has 3 aromatic rings. The Morgan fingerprint density at radius 1 is 1.15 bits per heavy atom. The van der Waals surface area contributed by atoms with Crippen molar-refractivity contribution < 1.29 is 36.7 Å². The van der Waals surface area contributed by atoms with Gasteiger partial charge in [0.1, 0.15) is 20.5 Å². The number of thiophene rings is 1. The zero-order valence-electron chi connectivity index (χ0n) is 18.6. The van der Waals surface area contributed by atoms with Crippen molar-refractivity contribution in [1.82, 2.24) is 5.16 Å². The molecule has 2 heterocycles. The molecule has 0 saturated carbocycles. The fourth-order valence-corrected chi connectivity index (χ4v) is 5.49. The number of nitrogens with zero attached hydrogens (tertiary/aromatic N) is 1. The molecular weight excluding hydrogens is 510 g/mol. The number of amides is 1. The number of Topliss-reactive ketones (excluding diaryl/α,β-unsaturated/α-hetero) is 1. The lowest BCUT2D eigenvalue weighted by Crippen LogP contribution is -2.20. The van der Waals surface area contributed by atoms with Gasteiger partial charge in [-0.3, -0.25) is 9.59 Å². The van der Waals surface area contributed by atoms with Crippen LogP contribution in [0, 0.1) is 6.92 Å². The van der Waals surface area contributed by atoms with Crippen LogP contribution in [-0.2, 0) is 10.0 Å². The number of hydrogen-bond acceptors (Lipinski definition) is 10. The number of anilines is 2. The van der Waals surface area contributed by atoms with Gasteiger partial charge in [-0.15, -0.1) is 11.3 Å². The van der Waals surface area contributed by atoms with E-state index < -0.39 is 21.7 Å². The second-order valence-electron chi connectivity index (χ2n) is 6.71. The number of carbonyl (C=O) groups excluding carboxylic acids is 2. The Morgan fingerprint density at radius 3 is 2.35 bits per heavy atom. The Morgan fingerprint density at radius 2 is 1.82 bits per heavy atom. The van der Waals surface area contributed by atoms with Crippen LogP contribution >= 0.6 is 22.9 Å². The lowest BCUT2D eigenvalue weighted by atomic mass is 10.1. The normalized spacial score (nSPS) is 11.1. The molecule has 1 aromatic carbocycles. The van der Waals surface area contributed by atoms with Crippen molar-refractivity contribution in [3.63, 3.8) is 0 Å². The number of rotatable bonds is 9. The van der Waals surface area contributed by atoms with E-state index in [4.69, 9.17) is 30.3 Å². The first-order valence-corrected chi connectivity index (χ1v) is 12.2. The molecule has 0 saturated heterocycles. The molecule has 0 fully saturated rings. The molecule has 3 rings (SSSR count). The largest absolute Gasteiger partial charge is 0.493 e. The molecule has 0 aliphatic rings. The number of ether oxygens (including phenoxy) is 3. The number of carbonyl (C=O) groups is 2. The van der Waals surface area contributed by atoms with Crippen molar-refractivity contribution in [3.05, 3.63) is 38.7 Å². The van der Waals surface area contributed by atoms with E-state index in [2.05, 4.69) is 15.2 Å². The van der Waals surface area contributed by atoms with Crippen molar-refractivity contribution in [3.8, 4) is 17.2 Å². The minimum Gasteiger partial charge on any atom is -0.493 e. The number of aromatic nitrogens is 1. The van der Waals surface area contributed by atoms with Gasteiger partial charge in [-0.1, -0.05) is 16.8 Å². The van der Waals surface area contributed by atoms with Crippen molar-refractivity contribution in [2.24, 2.45) is 0 Å². The minimum atomic E-state index is -4.27. The summed E-state index contributed by atoms with van der Waals surface area (Å²) in [4.78, 5) is 25.0. The number of halogens is 1. The topological polar surface area (TPSA) is 146 Å². The highest BCUT2D eigenvalue weighted by atomic mass is 35.5. The maximum absolute atomic E-state index is 13.2. The Balaban J connectivity index is 2.03. The smallest absolute Gasteiger partial charge is 0.267 e. The number of aryl methyl sites for hydroxylation is 1. The van der Waals surface area contributed by atoms with Gasteiger partial charge in [0.25, 0.3) is 21.8 Å². The zero-order valence-corrected chi connectivity index (χ0v) is 21.0. The summed E-state index contributed by atoms with van der Waals surface area (Å²) in [5.74, 6) is -1.10. The summed E-state index contributed by atoms with van der Waals surface area (Å²) in [7, 11) is -0.197. The van der Waals surface area contributed by atoms with Gasteiger partial charge < -0.3 is 24.1 Å². The van der Waals surface area contributed by atoms with Crippen molar-refractivity contribution in [2.45, 2.75) is 18.7 Å². The number of ketones is 1. The van der Waals surface area contributed by atoms with Crippen LogP contribution in [0.5, 0.6) is 17.2 Å². The molecule has 0 aliphatic carbocycles. The molecule has 11 nitrogen and oxygen atoms in total.